The second-order valence-electron chi connectivity index (χ2n) is 6.19. The van der Waals surface area contributed by atoms with Crippen LogP contribution < -0.4 is 10.6 Å². The summed E-state index contributed by atoms with van der Waals surface area (Å²) in [5, 5.41) is 8.88. The Bertz CT molecular complexity index is 873. The predicted octanol–water partition coefficient (Wildman–Crippen LogP) is 2.81. The molecule has 2 amide bonds. The van der Waals surface area contributed by atoms with Crippen molar-refractivity contribution >= 4 is 17.5 Å². The smallest absolute Gasteiger partial charge is 0.345 e. The van der Waals surface area contributed by atoms with E-state index >= 15 is 0 Å². The minimum absolute atomic E-state index is 0.0529. The van der Waals surface area contributed by atoms with Gasteiger partial charge in [0.25, 0.3) is 5.91 Å². The number of aryl methyl sites for hydroxylation is 2. The first-order valence-electron chi connectivity index (χ1n) is 7.99. The molecule has 1 aromatic carbocycles. The molecule has 0 aliphatic carbocycles. The fourth-order valence-corrected chi connectivity index (χ4v) is 2.97. The van der Waals surface area contributed by atoms with Gasteiger partial charge < -0.3 is 10.6 Å². The molecule has 1 aliphatic rings. The molecule has 3 rings (SSSR count). The largest absolute Gasteiger partial charge is 0.433 e. The SMILES string of the molecule is CC(NC(=O)c1cnn(C)c1C(F)(F)F)c1ccc2c(c1)CCC(=O)N2. The van der Waals surface area contributed by atoms with Crippen LogP contribution in [0.1, 0.15) is 46.6 Å². The number of benzene rings is 1. The molecule has 9 heteroatoms. The van der Waals surface area contributed by atoms with Crippen LogP contribution in [0.15, 0.2) is 24.4 Å². The van der Waals surface area contributed by atoms with E-state index in [9.17, 15) is 22.8 Å². The normalized spacial score (nSPS) is 15.2. The topological polar surface area (TPSA) is 76.0 Å². The highest BCUT2D eigenvalue weighted by Gasteiger charge is 2.39. The highest BCUT2D eigenvalue weighted by Crippen LogP contribution is 2.32. The average molecular weight is 366 g/mol. The summed E-state index contributed by atoms with van der Waals surface area (Å²) in [4.78, 5) is 23.7. The standard InChI is InChI=1S/C17H17F3N4O2/c1-9(10-3-5-13-11(7-10)4-6-14(25)23-13)22-16(26)12-8-21-24(2)15(12)17(18,19)20/h3,5,7-9H,4,6H2,1-2H3,(H,22,26)(H,23,25). The molecule has 2 heterocycles. The van der Waals surface area contributed by atoms with Crippen LogP contribution in [0.4, 0.5) is 18.9 Å². The fraction of sp³-hybridized carbons (Fsp3) is 0.353. The lowest BCUT2D eigenvalue weighted by atomic mass is 9.97. The molecule has 138 valence electrons. The van der Waals surface area contributed by atoms with Crippen molar-refractivity contribution in [3.05, 3.63) is 46.8 Å². The van der Waals surface area contributed by atoms with Crippen LogP contribution >= 0.6 is 0 Å². The Morgan fingerprint density at radius 1 is 1.35 bits per heavy atom. The van der Waals surface area contributed by atoms with Crippen LogP contribution in [0.25, 0.3) is 0 Å². The first-order chi connectivity index (χ1) is 12.2. The van der Waals surface area contributed by atoms with E-state index in [0.717, 1.165) is 30.1 Å². The summed E-state index contributed by atoms with van der Waals surface area (Å²) in [6.45, 7) is 1.69. The molecule has 0 bridgehead atoms. The quantitative estimate of drug-likeness (QED) is 0.877. The second kappa shape index (κ2) is 6.47. The summed E-state index contributed by atoms with van der Waals surface area (Å²) in [6, 6.07) is 4.79. The lowest BCUT2D eigenvalue weighted by molar-refractivity contribution is -0.144. The number of fused-ring (bicyclic) bond motifs is 1. The van der Waals surface area contributed by atoms with Gasteiger partial charge >= 0.3 is 6.18 Å². The summed E-state index contributed by atoms with van der Waals surface area (Å²) in [6.07, 6.45) is -2.81. The van der Waals surface area contributed by atoms with Crippen LogP contribution in [0.5, 0.6) is 0 Å². The van der Waals surface area contributed by atoms with Gasteiger partial charge in [0.2, 0.25) is 5.91 Å². The molecule has 1 unspecified atom stereocenters. The number of hydrogen-bond acceptors (Lipinski definition) is 3. The van der Waals surface area contributed by atoms with Gasteiger partial charge in [-0.1, -0.05) is 12.1 Å². The lowest BCUT2D eigenvalue weighted by Crippen LogP contribution is -2.29. The number of halogens is 3. The summed E-state index contributed by atoms with van der Waals surface area (Å²) in [5.41, 5.74) is 0.786. The molecule has 0 saturated heterocycles. The Balaban J connectivity index is 1.80. The average Bonchev–Trinajstić information content (AvgIpc) is 2.96. The highest BCUT2D eigenvalue weighted by atomic mass is 19.4. The molecular weight excluding hydrogens is 349 g/mol. The first-order valence-corrected chi connectivity index (χ1v) is 7.99. The lowest BCUT2D eigenvalue weighted by Gasteiger charge is -2.20. The zero-order valence-electron chi connectivity index (χ0n) is 14.1. The maximum Gasteiger partial charge on any atom is 0.433 e. The van der Waals surface area contributed by atoms with E-state index in [1.807, 2.05) is 6.07 Å². The van der Waals surface area contributed by atoms with Gasteiger partial charge in [0, 0.05) is 19.2 Å². The van der Waals surface area contributed by atoms with Crippen molar-refractivity contribution < 1.29 is 22.8 Å². The van der Waals surface area contributed by atoms with Crippen LogP contribution in [-0.4, -0.2) is 21.6 Å². The van der Waals surface area contributed by atoms with Crippen LogP contribution in [0.2, 0.25) is 0 Å². The van der Waals surface area contributed by atoms with Gasteiger partial charge in [-0.05, 0) is 30.5 Å². The van der Waals surface area contributed by atoms with E-state index < -0.39 is 29.4 Å². The van der Waals surface area contributed by atoms with Crippen molar-refractivity contribution in [2.75, 3.05) is 5.32 Å². The third-order valence-electron chi connectivity index (χ3n) is 4.32. The van der Waals surface area contributed by atoms with Gasteiger partial charge in [-0.15, -0.1) is 0 Å². The zero-order valence-corrected chi connectivity index (χ0v) is 14.1. The molecule has 0 fully saturated rings. The number of anilines is 1. The van der Waals surface area contributed by atoms with Crippen molar-refractivity contribution in [2.45, 2.75) is 32.0 Å². The predicted molar refractivity (Wildman–Crippen MR) is 87.5 cm³/mol. The number of nitrogens with one attached hydrogen (secondary N) is 2. The second-order valence-corrected chi connectivity index (χ2v) is 6.19. The summed E-state index contributed by atoms with van der Waals surface area (Å²) in [5.74, 6) is -0.896. The number of carbonyl (C=O) groups excluding carboxylic acids is 2. The third-order valence-corrected chi connectivity index (χ3v) is 4.32. The highest BCUT2D eigenvalue weighted by molar-refractivity contribution is 5.96. The first kappa shape index (κ1) is 18.0. The van der Waals surface area contributed by atoms with Crippen molar-refractivity contribution in [2.24, 2.45) is 7.05 Å². The minimum atomic E-state index is -4.68. The van der Waals surface area contributed by atoms with Crippen molar-refractivity contribution in [1.82, 2.24) is 15.1 Å². The van der Waals surface area contributed by atoms with Gasteiger partial charge in [0.05, 0.1) is 17.8 Å². The number of amides is 2. The summed E-state index contributed by atoms with van der Waals surface area (Å²) < 4.78 is 40.0. The van der Waals surface area contributed by atoms with Crippen molar-refractivity contribution in [1.29, 1.82) is 0 Å². The Kier molecular flexibility index (Phi) is 4.47. The zero-order chi connectivity index (χ0) is 19.1. The van der Waals surface area contributed by atoms with E-state index in [0.29, 0.717) is 17.5 Å². The molecule has 1 atom stereocenters. The van der Waals surface area contributed by atoms with E-state index in [4.69, 9.17) is 0 Å². The number of aromatic nitrogens is 2. The molecule has 0 spiro atoms. The Morgan fingerprint density at radius 2 is 2.08 bits per heavy atom. The molecule has 1 aliphatic heterocycles. The minimum Gasteiger partial charge on any atom is -0.345 e. The van der Waals surface area contributed by atoms with Crippen LogP contribution in [0, 0.1) is 0 Å². The van der Waals surface area contributed by atoms with Crippen LogP contribution in [-0.2, 0) is 24.4 Å². The molecule has 2 N–H and O–H groups in total. The molecule has 0 radical (unpaired) electrons. The molecular formula is C17H17F3N4O2. The number of alkyl halides is 3. The number of rotatable bonds is 3. The Morgan fingerprint density at radius 3 is 2.77 bits per heavy atom. The molecule has 2 aromatic rings. The maximum absolute atomic E-state index is 13.1. The monoisotopic (exact) mass is 366 g/mol. The Labute approximate surface area is 147 Å². The summed E-state index contributed by atoms with van der Waals surface area (Å²) >= 11 is 0. The molecule has 0 saturated carbocycles. The van der Waals surface area contributed by atoms with E-state index in [1.54, 1.807) is 19.1 Å². The summed E-state index contributed by atoms with van der Waals surface area (Å²) in [7, 11) is 1.14. The third kappa shape index (κ3) is 3.42. The van der Waals surface area contributed by atoms with Gasteiger partial charge in [0.15, 0.2) is 5.69 Å². The van der Waals surface area contributed by atoms with Gasteiger partial charge in [0.1, 0.15) is 0 Å². The van der Waals surface area contributed by atoms with Gasteiger partial charge in [-0.3, -0.25) is 14.3 Å². The van der Waals surface area contributed by atoms with E-state index in [1.165, 1.54) is 0 Å². The fourth-order valence-electron chi connectivity index (χ4n) is 2.97. The Hall–Kier alpha value is -2.84. The van der Waals surface area contributed by atoms with Gasteiger partial charge in [-0.2, -0.15) is 18.3 Å². The number of hydrogen-bond donors (Lipinski definition) is 2. The van der Waals surface area contributed by atoms with Crippen LogP contribution in [0.3, 0.4) is 0 Å². The maximum atomic E-state index is 13.1. The van der Waals surface area contributed by atoms with E-state index in [2.05, 4.69) is 15.7 Å². The number of nitrogens with zero attached hydrogens (tertiary/aromatic N) is 2. The molecule has 6 nitrogen and oxygen atoms in total. The van der Waals surface area contributed by atoms with Crippen molar-refractivity contribution in [3.63, 3.8) is 0 Å². The molecule has 1 aromatic heterocycles. The number of carbonyl (C=O) groups is 2. The van der Waals surface area contributed by atoms with E-state index in [-0.39, 0.29) is 5.91 Å². The molecule has 26 heavy (non-hydrogen) atoms. The van der Waals surface area contributed by atoms with Crippen molar-refractivity contribution in [3.8, 4) is 0 Å². The van der Waals surface area contributed by atoms with Gasteiger partial charge in [-0.25, -0.2) is 0 Å².